The molecule has 0 aliphatic heterocycles. The molecule has 0 spiro atoms. The zero-order chi connectivity index (χ0) is 24.5. The number of amides is 1. The van der Waals surface area contributed by atoms with Gasteiger partial charge in [0.2, 0.25) is 0 Å². The monoisotopic (exact) mass is 494 g/mol. The minimum Gasteiger partial charge on any atom is -0.497 e. The number of rotatable bonds is 7. The van der Waals surface area contributed by atoms with Crippen LogP contribution in [0, 0.1) is 13.8 Å². The van der Waals surface area contributed by atoms with Crippen molar-refractivity contribution in [1.29, 1.82) is 0 Å². The Bertz CT molecular complexity index is 1460. The first-order chi connectivity index (χ1) is 16.2. The van der Waals surface area contributed by atoms with E-state index in [4.69, 9.17) is 4.74 Å². The smallest absolute Gasteiger partial charge is 0.265 e. The van der Waals surface area contributed by atoms with Crippen LogP contribution in [0.25, 0.3) is 10.1 Å². The van der Waals surface area contributed by atoms with Gasteiger partial charge in [0.15, 0.2) is 0 Å². The second-order valence-electron chi connectivity index (χ2n) is 7.93. The van der Waals surface area contributed by atoms with Crippen LogP contribution >= 0.6 is 11.3 Å². The fraction of sp³-hybridized carbons (Fsp3) is 0.192. The van der Waals surface area contributed by atoms with Crippen LogP contribution in [0.1, 0.15) is 27.7 Å². The predicted molar refractivity (Wildman–Crippen MR) is 139 cm³/mol. The number of ether oxygens (including phenoxy) is 1. The number of methoxy groups -OCH3 is 1. The minimum absolute atomic E-state index is 0.189. The molecule has 0 bridgehead atoms. The van der Waals surface area contributed by atoms with Gasteiger partial charge in [-0.05, 0) is 97.9 Å². The van der Waals surface area contributed by atoms with Gasteiger partial charge in [0.25, 0.3) is 15.9 Å². The van der Waals surface area contributed by atoms with E-state index in [0.29, 0.717) is 16.3 Å². The highest BCUT2D eigenvalue weighted by Crippen LogP contribution is 2.32. The van der Waals surface area contributed by atoms with Gasteiger partial charge < -0.3 is 10.1 Å². The Morgan fingerprint density at radius 1 is 0.971 bits per heavy atom. The number of carbonyl (C=O) groups excluding carboxylic acids is 1. The van der Waals surface area contributed by atoms with E-state index in [2.05, 4.69) is 5.32 Å². The highest BCUT2D eigenvalue weighted by atomic mass is 32.2. The number of sulfonamides is 1. The lowest BCUT2D eigenvalue weighted by atomic mass is 10.1. The lowest BCUT2D eigenvalue weighted by Gasteiger charge is -2.23. The summed E-state index contributed by atoms with van der Waals surface area (Å²) in [6.45, 7) is 6.09. The number of hydrogen-bond donors (Lipinski definition) is 1. The van der Waals surface area contributed by atoms with Crippen molar-refractivity contribution in [3.8, 4) is 5.75 Å². The molecule has 1 N–H and O–H groups in total. The van der Waals surface area contributed by atoms with Crippen LogP contribution in [-0.2, 0) is 10.0 Å². The van der Waals surface area contributed by atoms with Crippen molar-refractivity contribution in [1.82, 2.24) is 0 Å². The lowest BCUT2D eigenvalue weighted by Crippen LogP contribution is -2.30. The molecule has 0 saturated heterocycles. The van der Waals surface area contributed by atoms with E-state index in [1.807, 2.05) is 44.2 Å². The molecule has 8 heteroatoms. The van der Waals surface area contributed by atoms with Gasteiger partial charge in [0.1, 0.15) is 5.75 Å². The van der Waals surface area contributed by atoms with Gasteiger partial charge in [-0.2, -0.15) is 0 Å². The number of anilines is 2. The molecule has 0 saturated carbocycles. The van der Waals surface area contributed by atoms with Crippen molar-refractivity contribution in [2.75, 3.05) is 23.3 Å². The second kappa shape index (κ2) is 9.48. The van der Waals surface area contributed by atoms with Crippen molar-refractivity contribution in [2.45, 2.75) is 25.7 Å². The van der Waals surface area contributed by atoms with Crippen LogP contribution in [0.3, 0.4) is 0 Å². The Balaban J connectivity index is 1.62. The van der Waals surface area contributed by atoms with Crippen LogP contribution in [0.4, 0.5) is 11.4 Å². The van der Waals surface area contributed by atoms with E-state index in [1.165, 1.54) is 34.9 Å². The van der Waals surface area contributed by atoms with Crippen LogP contribution in [-0.4, -0.2) is 28.0 Å². The zero-order valence-corrected chi connectivity index (χ0v) is 21.1. The molecule has 1 heterocycles. The summed E-state index contributed by atoms with van der Waals surface area (Å²) in [6.07, 6.45) is 0. The number of carbonyl (C=O) groups is 1. The normalized spacial score (nSPS) is 11.4. The lowest BCUT2D eigenvalue weighted by molar-refractivity contribution is 0.103. The number of hydrogen-bond acceptors (Lipinski definition) is 5. The topological polar surface area (TPSA) is 75.7 Å². The molecule has 6 nitrogen and oxygen atoms in total. The summed E-state index contributed by atoms with van der Waals surface area (Å²) < 4.78 is 34.0. The van der Waals surface area contributed by atoms with Crippen molar-refractivity contribution >= 4 is 48.7 Å². The Morgan fingerprint density at radius 3 is 2.35 bits per heavy atom. The molecule has 1 amide bonds. The molecule has 4 aromatic rings. The average Bonchev–Trinajstić information content (AvgIpc) is 3.25. The van der Waals surface area contributed by atoms with E-state index in [1.54, 1.807) is 31.2 Å². The van der Waals surface area contributed by atoms with Gasteiger partial charge in [-0.1, -0.05) is 6.07 Å². The maximum absolute atomic E-state index is 13.3. The molecule has 0 radical (unpaired) electrons. The number of thiophene rings is 1. The molecule has 0 unspecified atom stereocenters. The maximum Gasteiger partial charge on any atom is 0.265 e. The van der Waals surface area contributed by atoms with Gasteiger partial charge in [-0.15, -0.1) is 11.3 Å². The third-order valence-electron chi connectivity index (χ3n) is 5.71. The zero-order valence-electron chi connectivity index (χ0n) is 19.5. The largest absolute Gasteiger partial charge is 0.497 e. The van der Waals surface area contributed by atoms with E-state index < -0.39 is 10.0 Å². The fourth-order valence-corrected chi connectivity index (χ4v) is 6.08. The molecule has 0 aliphatic carbocycles. The maximum atomic E-state index is 13.3. The third kappa shape index (κ3) is 4.64. The summed E-state index contributed by atoms with van der Waals surface area (Å²) in [5.41, 5.74) is 3.56. The molecular formula is C26H26N2O4S2. The van der Waals surface area contributed by atoms with Crippen LogP contribution < -0.4 is 14.4 Å². The first kappa shape index (κ1) is 23.8. The average molecular weight is 495 g/mol. The first-order valence-electron chi connectivity index (χ1n) is 10.8. The minimum atomic E-state index is -3.75. The van der Waals surface area contributed by atoms with Crippen LogP contribution in [0.15, 0.2) is 71.6 Å². The number of nitrogens with zero attached hydrogens (tertiary/aromatic N) is 1. The molecule has 3 aromatic carbocycles. The van der Waals surface area contributed by atoms with Crippen molar-refractivity contribution in [3.63, 3.8) is 0 Å². The number of fused-ring (bicyclic) bond motifs is 1. The van der Waals surface area contributed by atoms with Crippen molar-refractivity contribution in [3.05, 3.63) is 82.7 Å². The van der Waals surface area contributed by atoms with Gasteiger partial charge in [-0.25, -0.2) is 8.42 Å². The van der Waals surface area contributed by atoms with Crippen molar-refractivity contribution in [2.24, 2.45) is 0 Å². The van der Waals surface area contributed by atoms with Gasteiger partial charge in [0, 0.05) is 16.9 Å². The second-order valence-corrected chi connectivity index (χ2v) is 10.9. The standard InChI is InChI=1S/C26H26N2O4S2/c1-5-28(34(30,31)23-11-9-22(32-4)10-12-23)21-8-13-24-19(15-21)16-25(33-24)26(29)27-20-7-6-17(2)18(3)14-20/h6-16H,5H2,1-4H3,(H,27,29). The van der Waals surface area contributed by atoms with Crippen LogP contribution in [0.2, 0.25) is 0 Å². The molecular weight excluding hydrogens is 468 g/mol. The van der Waals surface area contributed by atoms with Crippen molar-refractivity contribution < 1.29 is 17.9 Å². The number of aryl methyl sites for hydroxylation is 2. The fourth-order valence-electron chi connectivity index (χ4n) is 3.68. The molecule has 0 fully saturated rings. The SMILES string of the molecule is CCN(c1ccc2sc(C(=O)Nc3ccc(C)c(C)c3)cc2c1)S(=O)(=O)c1ccc(OC)cc1. The number of nitrogens with one attached hydrogen (secondary N) is 1. The summed E-state index contributed by atoms with van der Waals surface area (Å²) in [5.74, 6) is 0.400. The van der Waals surface area contributed by atoms with E-state index >= 15 is 0 Å². The summed E-state index contributed by atoms with van der Waals surface area (Å²) in [4.78, 5) is 13.6. The third-order valence-corrected chi connectivity index (χ3v) is 8.74. The molecule has 1 aromatic heterocycles. The Kier molecular flexibility index (Phi) is 6.63. The highest BCUT2D eigenvalue weighted by molar-refractivity contribution is 7.92. The molecule has 34 heavy (non-hydrogen) atoms. The summed E-state index contributed by atoms with van der Waals surface area (Å²) in [5, 5.41) is 3.76. The van der Waals surface area contributed by atoms with Gasteiger partial charge in [-0.3, -0.25) is 9.10 Å². The predicted octanol–water partition coefficient (Wildman–Crippen LogP) is 5.99. The highest BCUT2D eigenvalue weighted by Gasteiger charge is 2.24. The summed E-state index contributed by atoms with van der Waals surface area (Å²) in [7, 11) is -2.22. The Labute approximate surface area is 203 Å². The van der Waals surface area contributed by atoms with E-state index in [0.717, 1.165) is 26.9 Å². The summed E-state index contributed by atoms with van der Waals surface area (Å²) in [6, 6.07) is 19.4. The van der Waals surface area contributed by atoms with E-state index in [9.17, 15) is 13.2 Å². The molecule has 176 valence electrons. The number of benzene rings is 3. The molecule has 0 atom stereocenters. The Hall–Kier alpha value is -3.36. The summed E-state index contributed by atoms with van der Waals surface area (Å²) >= 11 is 1.37. The molecule has 4 rings (SSSR count). The first-order valence-corrected chi connectivity index (χ1v) is 13.1. The van der Waals surface area contributed by atoms with E-state index in [-0.39, 0.29) is 17.3 Å². The van der Waals surface area contributed by atoms with Gasteiger partial charge >= 0.3 is 0 Å². The van der Waals surface area contributed by atoms with Crippen LogP contribution in [0.5, 0.6) is 5.75 Å². The quantitative estimate of drug-likeness (QED) is 0.342. The van der Waals surface area contributed by atoms with Gasteiger partial charge in [0.05, 0.1) is 22.6 Å². The Morgan fingerprint density at radius 2 is 1.71 bits per heavy atom. The molecule has 0 aliphatic rings.